The lowest BCUT2D eigenvalue weighted by Gasteiger charge is -2.12. The fourth-order valence-electron chi connectivity index (χ4n) is 1.18. The molecule has 0 bridgehead atoms. The summed E-state index contributed by atoms with van der Waals surface area (Å²) in [6.45, 7) is 1.88. The number of halogens is 1. The number of nitrogens with zero attached hydrogens (tertiary/aromatic N) is 1. The molecule has 0 aliphatic carbocycles. The first-order chi connectivity index (χ1) is 7.22. The minimum Gasteiger partial charge on any atom is -0.433 e. The van der Waals surface area contributed by atoms with Gasteiger partial charge in [-0.2, -0.15) is 0 Å². The van der Waals surface area contributed by atoms with E-state index in [1.165, 1.54) is 0 Å². The van der Waals surface area contributed by atoms with Gasteiger partial charge in [0.25, 0.3) is 0 Å². The number of hydrogen-bond acceptors (Lipinski definition) is 3. The van der Waals surface area contributed by atoms with Crippen molar-refractivity contribution in [1.82, 2.24) is 10.3 Å². The molecule has 0 aliphatic heterocycles. The van der Waals surface area contributed by atoms with E-state index in [0.717, 1.165) is 5.69 Å². The summed E-state index contributed by atoms with van der Waals surface area (Å²) in [7, 11) is 0. The maximum atomic E-state index is 11.0. The van der Waals surface area contributed by atoms with Crippen LogP contribution in [0, 0.1) is 0 Å². The van der Waals surface area contributed by atoms with Crippen LogP contribution in [0.1, 0.15) is 12.6 Å². The fraction of sp³-hybridized carbons (Fsp3) is 0.400. The minimum atomic E-state index is -0.506. The summed E-state index contributed by atoms with van der Waals surface area (Å²) >= 11 is 5.24. The summed E-state index contributed by atoms with van der Waals surface area (Å²) < 4.78 is 4.55. The van der Waals surface area contributed by atoms with Gasteiger partial charge in [-0.05, 0) is 19.1 Å². The molecule has 0 aliphatic rings. The first-order valence-corrected chi connectivity index (χ1v) is 5.15. The van der Waals surface area contributed by atoms with E-state index in [-0.39, 0.29) is 12.1 Å². The summed E-state index contributed by atoms with van der Waals surface area (Å²) in [4.78, 5) is 15.2. The van der Waals surface area contributed by atoms with Crippen molar-refractivity contribution in [2.75, 3.05) is 6.07 Å². The zero-order chi connectivity index (χ0) is 11.1. The van der Waals surface area contributed by atoms with Crippen LogP contribution in [-0.2, 0) is 11.2 Å². The Labute approximate surface area is 93.6 Å². The van der Waals surface area contributed by atoms with E-state index in [9.17, 15) is 4.79 Å². The van der Waals surface area contributed by atoms with Gasteiger partial charge in [0.05, 0.1) is 0 Å². The van der Waals surface area contributed by atoms with Gasteiger partial charge in [-0.1, -0.05) is 17.7 Å². The number of alkyl carbamates (subject to hydrolysis) is 1. The number of nitrogens with one attached hydrogen (secondary N) is 1. The van der Waals surface area contributed by atoms with Gasteiger partial charge in [-0.25, -0.2) is 4.79 Å². The van der Waals surface area contributed by atoms with Crippen molar-refractivity contribution < 1.29 is 9.53 Å². The molecular weight excluding hydrogens is 216 g/mol. The molecule has 15 heavy (non-hydrogen) atoms. The average molecular weight is 229 g/mol. The van der Waals surface area contributed by atoms with Crippen LogP contribution in [0.4, 0.5) is 4.79 Å². The largest absolute Gasteiger partial charge is 0.433 e. The highest BCUT2D eigenvalue weighted by Crippen LogP contribution is 1.99. The predicted octanol–water partition coefficient (Wildman–Crippen LogP) is 1.94. The van der Waals surface area contributed by atoms with Crippen molar-refractivity contribution in [2.24, 2.45) is 0 Å². The molecule has 1 N–H and O–H groups in total. The molecule has 1 unspecified atom stereocenters. The van der Waals surface area contributed by atoms with Crippen molar-refractivity contribution >= 4 is 17.7 Å². The molecule has 1 rings (SSSR count). The summed E-state index contributed by atoms with van der Waals surface area (Å²) in [6, 6.07) is 5.50. The Morgan fingerprint density at radius 1 is 1.67 bits per heavy atom. The van der Waals surface area contributed by atoms with Gasteiger partial charge in [0.2, 0.25) is 0 Å². The molecule has 1 aromatic rings. The number of amides is 1. The van der Waals surface area contributed by atoms with Gasteiger partial charge in [-0.3, -0.25) is 4.98 Å². The quantitative estimate of drug-likeness (QED) is 0.802. The van der Waals surface area contributed by atoms with Crippen LogP contribution in [0.3, 0.4) is 0 Å². The van der Waals surface area contributed by atoms with Crippen molar-refractivity contribution in [3.63, 3.8) is 0 Å². The topological polar surface area (TPSA) is 51.2 Å². The lowest BCUT2D eigenvalue weighted by molar-refractivity contribution is 0.161. The Bertz CT molecular complexity index is 306. The highest BCUT2D eigenvalue weighted by Gasteiger charge is 2.08. The van der Waals surface area contributed by atoms with Gasteiger partial charge in [0.15, 0.2) is 6.07 Å². The van der Waals surface area contributed by atoms with Crippen molar-refractivity contribution in [1.29, 1.82) is 0 Å². The maximum Gasteiger partial charge on any atom is 0.408 e. The van der Waals surface area contributed by atoms with Gasteiger partial charge in [-0.15, -0.1) is 0 Å². The Balaban J connectivity index is 2.36. The van der Waals surface area contributed by atoms with Crippen LogP contribution < -0.4 is 5.32 Å². The molecule has 5 heteroatoms. The molecule has 0 spiro atoms. The molecule has 0 saturated carbocycles. The summed E-state index contributed by atoms with van der Waals surface area (Å²) in [5, 5.41) is 2.64. The van der Waals surface area contributed by atoms with E-state index in [1.54, 1.807) is 6.20 Å². The van der Waals surface area contributed by atoms with Gasteiger partial charge < -0.3 is 10.1 Å². The van der Waals surface area contributed by atoms with Crippen molar-refractivity contribution in [2.45, 2.75) is 19.4 Å². The molecule has 0 saturated heterocycles. The Kier molecular flexibility index (Phi) is 4.90. The smallest absolute Gasteiger partial charge is 0.408 e. The normalized spacial score (nSPS) is 11.9. The molecular formula is C10H13ClN2O2. The number of rotatable bonds is 4. The molecule has 0 fully saturated rings. The third-order valence-corrected chi connectivity index (χ3v) is 1.90. The molecule has 0 radical (unpaired) electrons. The summed E-state index contributed by atoms with van der Waals surface area (Å²) in [5.41, 5.74) is 0.927. The lowest BCUT2D eigenvalue weighted by atomic mass is 10.2. The van der Waals surface area contributed by atoms with E-state index in [2.05, 4.69) is 15.0 Å². The molecule has 4 nitrogen and oxygen atoms in total. The molecule has 82 valence electrons. The van der Waals surface area contributed by atoms with E-state index in [1.807, 2.05) is 25.1 Å². The molecule has 1 aromatic heterocycles. The summed E-state index contributed by atoms with van der Waals surface area (Å²) in [6.07, 6.45) is 1.88. The van der Waals surface area contributed by atoms with Crippen LogP contribution in [0.2, 0.25) is 0 Å². The first-order valence-electron chi connectivity index (χ1n) is 4.61. The second-order valence-corrected chi connectivity index (χ2v) is 3.33. The van der Waals surface area contributed by atoms with E-state index < -0.39 is 6.09 Å². The minimum absolute atomic E-state index is 0.0318. The average Bonchev–Trinajstić information content (AvgIpc) is 2.19. The molecule has 0 aromatic carbocycles. The van der Waals surface area contributed by atoms with Crippen molar-refractivity contribution in [3.05, 3.63) is 30.1 Å². The van der Waals surface area contributed by atoms with Crippen LogP contribution >= 0.6 is 11.6 Å². The van der Waals surface area contributed by atoms with Gasteiger partial charge >= 0.3 is 6.09 Å². The molecule has 1 amide bonds. The number of hydrogen-bond donors (Lipinski definition) is 1. The number of aromatic nitrogens is 1. The fourth-order valence-corrected chi connectivity index (χ4v) is 1.28. The lowest BCUT2D eigenvalue weighted by Crippen LogP contribution is -2.34. The number of ether oxygens (including phenoxy) is 1. The third-order valence-electron chi connectivity index (χ3n) is 1.79. The second kappa shape index (κ2) is 6.24. The van der Waals surface area contributed by atoms with Crippen LogP contribution in [0.25, 0.3) is 0 Å². The van der Waals surface area contributed by atoms with Crippen LogP contribution in [0.15, 0.2) is 24.4 Å². The van der Waals surface area contributed by atoms with E-state index in [0.29, 0.717) is 6.42 Å². The highest BCUT2D eigenvalue weighted by atomic mass is 35.5. The standard InChI is InChI=1S/C10H13ClN2O2/c1-8(13-10(14)15-7-11)6-9-4-2-3-5-12-9/h2-5,8H,6-7H2,1H3,(H,13,14). The number of carbonyl (C=O) groups excluding carboxylic acids is 1. The number of alkyl halides is 1. The van der Waals surface area contributed by atoms with Crippen LogP contribution in [-0.4, -0.2) is 23.2 Å². The SMILES string of the molecule is CC(Cc1ccccn1)NC(=O)OCCl. The number of carbonyl (C=O) groups is 1. The highest BCUT2D eigenvalue weighted by molar-refractivity contribution is 6.17. The van der Waals surface area contributed by atoms with E-state index >= 15 is 0 Å². The van der Waals surface area contributed by atoms with Gasteiger partial charge in [0, 0.05) is 24.4 Å². The second-order valence-electron chi connectivity index (χ2n) is 3.11. The number of pyridine rings is 1. The monoisotopic (exact) mass is 228 g/mol. The Morgan fingerprint density at radius 2 is 2.47 bits per heavy atom. The Morgan fingerprint density at radius 3 is 3.07 bits per heavy atom. The van der Waals surface area contributed by atoms with E-state index in [4.69, 9.17) is 11.6 Å². The first kappa shape index (κ1) is 11.8. The molecule has 1 heterocycles. The molecule has 1 atom stereocenters. The van der Waals surface area contributed by atoms with Crippen LogP contribution in [0.5, 0.6) is 0 Å². The third kappa shape index (κ3) is 4.65. The Hall–Kier alpha value is -1.29. The summed E-state index contributed by atoms with van der Waals surface area (Å²) in [5.74, 6) is 0. The maximum absolute atomic E-state index is 11.0. The zero-order valence-electron chi connectivity index (χ0n) is 8.44. The van der Waals surface area contributed by atoms with Gasteiger partial charge in [0.1, 0.15) is 0 Å². The zero-order valence-corrected chi connectivity index (χ0v) is 9.20. The van der Waals surface area contributed by atoms with Crippen molar-refractivity contribution in [3.8, 4) is 0 Å². The predicted molar refractivity (Wildman–Crippen MR) is 57.7 cm³/mol.